The smallest absolute Gasteiger partial charge is 0.406 e. The Morgan fingerprint density at radius 3 is 2.69 bits per heavy atom. The number of rotatable bonds is 10. The van der Waals surface area contributed by atoms with Gasteiger partial charge in [-0.25, -0.2) is 4.79 Å². The molecule has 6 N–H and O–H groups in total. The maximum absolute atomic E-state index is 13.1. The van der Waals surface area contributed by atoms with Crippen molar-refractivity contribution in [2.75, 3.05) is 33.3 Å². The monoisotopic (exact) mass is 556 g/mol. The van der Waals surface area contributed by atoms with E-state index in [0.717, 1.165) is 22.8 Å². The van der Waals surface area contributed by atoms with Crippen LogP contribution in [0.2, 0.25) is 5.02 Å². The molecule has 0 aliphatic carbocycles. The number of alkyl carbamates (subject to hydrolysis) is 1. The van der Waals surface area contributed by atoms with E-state index in [0.29, 0.717) is 49.4 Å². The minimum Gasteiger partial charge on any atom is -0.453 e. The third kappa shape index (κ3) is 7.38. The van der Waals surface area contributed by atoms with Crippen LogP contribution in [0.1, 0.15) is 36.8 Å². The van der Waals surface area contributed by atoms with Crippen LogP contribution in [0.25, 0.3) is 11.1 Å². The van der Waals surface area contributed by atoms with Gasteiger partial charge >= 0.3 is 6.09 Å². The van der Waals surface area contributed by atoms with Crippen molar-refractivity contribution in [3.8, 4) is 11.1 Å². The number of aliphatic hydroxyl groups is 1. The van der Waals surface area contributed by atoms with Gasteiger partial charge in [-0.1, -0.05) is 53.6 Å². The van der Waals surface area contributed by atoms with Gasteiger partial charge in [-0.15, -0.1) is 0 Å². The van der Waals surface area contributed by atoms with Crippen LogP contribution in [0.5, 0.6) is 0 Å². The first-order valence-corrected chi connectivity index (χ1v) is 13.4. The third-order valence-corrected chi connectivity index (χ3v) is 7.44. The number of carbonyl (C=O) groups excluding carboxylic acids is 3. The molecular weight excluding hydrogens is 520 g/mol. The average Bonchev–Trinajstić information content (AvgIpc) is 2.94. The predicted molar refractivity (Wildman–Crippen MR) is 151 cm³/mol. The largest absolute Gasteiger partial charge is 0.453 e. The summed E-state index contributed by atoms with van der Waals surface area (Å²) in [6, 6.07) is 13.4. The molecule has 0 saturated carbocycles. The predicted octanol–water partition coefficient (Wildman–Crippen LogP) is 3.25. The number of hydrogen-bond acceptors (Lipinski definition) is 7. The molecule has 2 atom stereocenters. The highest BCUT2D eigenvalue weighted by Gasteiger charge is 2.43. The first-order chi connectivity index (χ1) is 18.6. The molecule has 2 aromatic rings. The Morgan fingerprint density at radius 1 is 1.26 bits per heavy atom. The van der Waals surface area contributed by atoms with Crippen molar-refractivity contribution < 1.29 is 24.2 Å². The van der Waals surface area contributed by atoms with E-state index in [1.165, 1.54) is 7.11 Å². The Balaban J connectivity index is 2.01. The van der Waals surface area contributed by atoms with Crippen molar-refractivity contribution in [1.82, 2.24) is 10.2 Å². The normalized spacial score (nSPS) is 17.3. The van der Waals surface area contributed by atoms with Gasteiger partial charge in [0, 0.05) is 42.2 Å². The van der Waals surface area contributed by atoms with Crippen LogP contribution in [0.4, 0.5) is 4.79 Å². The van der Waals surface area contributed by atoms with E-state index in [9.17, 15) is 19.5 Å². The second-order valence-corrected chi connectivity index (χ2v) is 10.2. The van der Waals surface area contributed by atoms with E-state index in [1.54, 1.807) is 17.0 Å². The fraction of sp³-hybridized carbons (Fsp3) is 0.414. The molecule has 1 aliphatic rings. The molecule has 2 aromatic carbocycles. The fourth-order valence-corrected chi connectivity index (χ4v) is 5.47. The SMILES string of the molecule is COC(=O)NCCC[C@@](O)(c1cccc(Cl)c1-c1cccc(C)c1)[C@@H]1CCCN(C(=O)C(N)=CC(=O)CN)C1. The Kier molecular flexibility index (Phi) is 10.5. The lowest BCUT2D eigenvalue weighted by molar-refractivity contribution is -0.133. The number of halogens is 1. The van der Waals surface area contributed by atoms with E-state index in [4.69, 9.17) is 23.1 Å². The molecule has 10 heteroatoms. The summed E-state index contributed by atoms with van der Waals surface area (Å²) in [5.41, 5.74) is 13.0. The second kappa shape index (κ2) is 13.6. The van der Waals surface area contributed by atoms with Crippen molar-refractivity contribution in [3.63, 3.8) is 0 Å². The minimum absolute atomic E-state index is 0.180. The molecular formula is C29H37ClN4O5. The van der Waals surface area contributed by atoms with E-state index in [2.05, 4.69) is 10.1 Å². The Morgan fingerprint density at radius 2 is 2.00 bits per heavy atom. The molecule has 39 heavy (non-hydrogen) atoms. The number of nitrogens with one attached hydrogen (secondary N) is 1. The molecule has 1 aliphatic heterocycles. The summed E-state index contributed by atoms with van der Waals surface area (Å²) in [7, 11) is 1.29. The second-order valence-electron chi connectivity index (χ2n) is 9.84. The van der Waals surface area contributed by atoms with Crippen molar-refractivity contribution in [3.05, 3.63) is 70.4 Å². The number of ketones is 1. The molecule has 210 valence electrons. The number of piperidine rings is 1. The standard InChI is InChI=1S/C29H37ClN4O5/c1-19-7-3-8-20(15-19)26-23(10-4-11-24(26)30)29(38,12-6-13-33-28(37)39-2)21-9-5-14-34(18-21)27(36)25(32)16-22(35)17-31/h3-4,7-8,10-11,15-16,21,38H,5-6,9,12-14,17-18,31-32H2,1-2H3,(H,33,37)/t21-,29+/m1/s1. The summed E-state index contributed by atoms with van der Waals surface area (Å²) in [5, 5.41) is 15.7. The first kappa shape index (κ1) is 30.1. The van der Waals surface area contributed by atoms with Gasteiger partial charge in [-0.2, -0.15) is 0 Å². The number of benzene rings is 2. The van der Waals surface area contributed by atoms with E-state index >= 15 is 0 Å². The van der Waals surface area contributed by atoms with Crippen molar-refractivity contribution in [2.24, 2.45) is 17.4 Å². The zero-order valence-corrected chi connectivity index (χ0v) is 23.2. The summed E-state index contributed by atoms with van der Waals surface area (Å²) < 4.78 is 4.66. The summed E-state index contributed by atoms with van der Waals surface area (Å²) >= 11 is 6.75. The van der Waals surface area contributed by atoms with Crippen LogP contribution in [-0.2, 0) is 19.9 Å². The molecule has 3 rings (SSSR count). The molecule has 0 spiro atoms. The van der Waals surface area contributed by atoms with Crippen molar-refractivity contribution >= 4 is 29.4 Å². The number of likely N-dealkylation sites (tertiary alicyclic amines) is 1. The summed E-state index contributed by atoms with van der Waals surface area (Å²) in [4.78, 5) is 38.0. The van der Waals surface area contributed by atoms with Gasteiger partial charge in [-0.3, -0.25) is 9.59 Å². The van der Waals surface area contributed by atoms with Gasteiger partial charge < -0.3 is 31.5 Å². The van der Waals surface area contributed by atoms with E-state index in [-0.39, 0.29) is 24.7 Å². The Hall–Kier alpha value is -3.40. The van der Waals surface area contributed by atoms with Gasteiger partial charge in [0.15, 0.2) is 5.78 Å². The lowest BCUT2D eigenvalue weighted by atomic mass is 9.72. The zero-order chi connectivity index (χ0) is 28.6. The number of carbonyl (C=O) groups is 3. The minimum atomic E-state index is -1.40. The fourth-order valence-electron chi connectivity index (χ4n) is 5.19. The molecule has 1 heterocycles. The zero-order valence-electron chi connectivity index (χ0n) is 22.4. The van der Waals surface area contributed by atoms with E-state index in [1.807, 2.05) is 37.3 Å². The number of hydrogen-bond donors (Lipinski definition) is 4. The third-order valence-electron chi connectivity index (χ3n) is 7.12. The molecule has 0 unspecified atom stereocenters. The number of aryl methyl sites for hydroxylation is 1. The van der Waals surface area contributed by atoms with Crippen LogP contribution in [-0.4, -0.2) is 61.1 Å². The molecule has 2 amide bonds. The van der Waals surface area contributed by atoms with Crippen LogP contribution in [0, 0.1) is 12.8 Å². The number of nitrogens with zero attached hydrogens (tertiary/aromatic N) is 1. The van der Waals surface area contributed by atoms with Crippen molar-refractivity contribution in [1.29, 1.82) is 0 Å². The molecule has 0 radical (unpaired) electrons. The molecule has 9 nitrogen and oxygen atoms in total. The van der Waals surface area contributed by atoms with Crippen LogP contribution < -0.4 is 16.8 Å². The van der Waals surface area contributed by atoms with Gasteiger partial charge in [0.1, 0.15) is 5.70 Å². The summed E-state index contributed by atoms with van der Waals surface area (Å²) in [6.07, 6.45) is 2.53. The van der Waals surface area contributed by atoms with Crippen molar-refractivity contribution in [2.45, 2.75) is 38.2 Å². The number of methoxy groups -OCH3 is 1. The Bertz CT molecular complexity index is 1230. The van der Waals surface area contributed by atoms with Gasteiger partial charge in [0.2, 0.25) is 0 Å². The summed E-state index contributed by atoms with van der Waals surface area (Å²) in [5.74, 6) is -1.28. The van der Waals surface area contributed by atoms with Crippen LogP contribution in [0.15, 0.2) is 54.2 Å². The highest BCUT2D eigenvalue weighted by molar-refractivity contribution is 6.33. The quantitative estimate of drug-likeness (QED) is 0.259. The lowest BCUT2D eigenvalue weighted by Gasteiger charge is -2.43. The number of ether oxygens (including phenoxy) is 1. The van der Waals surface area contributed by atoms with E-state index < -0.39 is 23.4 Å². The maximum atomic E-state index is 13.1. The first-order valence-electron chi connectivity index (χ1n) is 13.0. The topological polar surface area (TPSA) is 148 Å². The van der Waals surface area contributed by atoms with Crippen LogP contribution in [0.3, 0.4) is 0 Å². The summed E-state index contributed by atoms with van der Waals surface area (Å²) in [6.45, 7) is 2.71. The van der Waals surface area contributed by atoms with Gasteiger partial charge in [-0.05, 0) is 49.8 Å². The molecule has 1 fully saturated rings. The number of nitrogens with two attached hydrogens (primary N) is 2. The molecule has 0 bridgehead atoms. The molecule has 1 saturated heterocycles. The number of amides is 2. The average molecular weight is 557 g/mol. The lowest BCUT2D eigenvalue weighted by Crippen LogP contribution is -2.49. The van der Waals surface area contributed by atoms with Gasteiger partial charge in [0.25, 0.3) is 5.91 Å². The highest BCUT2D eigenvalue weighted by Crippen LogP contribution is 2.45. The van der Waals surface area contributed by atoms with Crippen LogP contribution >= 0.6 is 11.6 Å². The Labute approximate surface area is 234 Å². The molecule has 0 aromatic heterocycles. The highest BCUT2D eigenvalue weighted by atomic mass is 35.5. The van der Waals surface area contributed by atoms with Gasteiger partial charge in [0.05, 0.1) is 19.3 Å². The maximum Gasteiger partial charge on any atom is 0.406 e.